The van der Waals surface area contributed by atoms with Crippen LogP contribution in [0.4, 0.5) is 0 Å². The number of rotatable bonds is 5. The standard InChI is InChI=1S/C15H22N2OS/c1-17(2)13(14-4-3-5-19-14)9-16-15(18)12-7-10-6-11(10)8-12/h3-5,10-13H,6-9H2,1-2H3,(H,16,18). The molecule has 104 valence electrons. The summed E-state index contributed by atoms with van der Waals surface area (Å²) in [6.45, 7) is 0.720. The Labute approximate surface area is 119 Å². The van der Waals surface area contributed by atoms with Crippen LogP contribution in [-0.4, -0.2) is 31.4 Å². The molecule has 0 aliphatic heterocycles. The van der Waals surface area contributed by atoms with Crippen LogP contribution in [0.15, 0.2) is 17.5 Å². The van der Waals surface area contributed by atoms with Crippen LogP contribution in [0, 0.1) is 17.8 Å². The number of fused-ring (bicyclic) bond motifs is 1. The van der Waals surface area contributed by atoms with Crippen LogP contribution in [0.3, 0.4) is 0 Å². The first-order valence-corrected chi connectivity index (χ1v) is 8.00. The van der Waals surface area contributed by atoms with Crippen LogP contribution in [0.2, 0.25) is 0 Å². The molecular weight excluding hydrogens is 256 g/mol. The molecule has 0 saturated heterocycles. The Balaban J connectivity index is 1.53. The van der Waals surface area contributed by atoms with Crippen LogP contribution in [0.1, 0.15) is 30.2 Å². The number of nitrogens with one attached hydrogen (secondary N) is 1. The number of amides is 1. The Morgan fingerprint density at radius 2 is 2.16 bits per heavy atom. The van der Waals surface area contributed by atoms with Gasteiger partial charge in [0, 0.05) is 17.3 Å². The van der Waals surface area contributed by atoms with Gasteiger partial charge < -0.3 is 10.2 Å². The molecule has 19 heavy (non-hydrogen) atoms. The molecule has 2 aliphatic rings. The number of hydrogen-bond acceptors (Lipinski definition) is 3. The van der Waals surface area contributed by atoms with Gasteiger partial charge in [-0.25, -0.2) is 0 Å². The van der Waals surface area contributed by atoms with Crippen LogP contribution in [-0.2, 0) is 4.79 Å². The van der Waals surface area contributed by atoms with E-state index in [4.69, 9.17) is 0 Å². The van der Waals surface area contributed by atoms with Crippen molar-refractivity contribution in [1.29, 1.82) is 0 Å². The van der Waals surface area contributed by atoms with Gasteiger partial charge in [-0.1, -0.05) is 6.07 Å². The summed E-state index contributed by atoms with van der Waals surface area (Å²) in [5.74, 6) is 2.31. The number of carbonyl (C=O) groups is 1. The van der Waals surface area contributed by atoms with Crippen molar-refractivity contribution < 1.29 is 4.79 Å². The Hall–Kier alpha value is -0.870. The smallest absolute Gasteiger partial charge is 0.223 e. The average Bonchev–Trinajstić information content (AvgIpc) is 2.84. The highest BCUT2D eigenvalue weighted by Crippen LogP contribution is 2.54. The van der Waals surface area contributed by atoms with E-state index in [1.165, 1.54) is 11.3 Å². The maximum atomic E-state index is 12.2. The van der Waals surface area contributed by atoms with E-state index in [2.05, 4.69) is 41.8 Å². The van der Waals surface area contributed by atoms with E-state index in [0.29, 0.717) is 6.04 Å². The van der Waals surface area contributed by atoms with Gasteiger partial charge in [-0.15, -0.1) is 11.3 Å². The Morgan fingerprint density at radius 1 is 1.42 bits per heavy atom. The van der Waals surface area contributed by atoms with Gasteiger partial charge >= 0.3 is 0 Å². The van der Waals surface area contributed by atoms with E-state index in [1.54, 1.807) is 11.3 Å². The van der Waals surface area contributed by atoms with Gasteiger partial charge in [0.15, 0.2) is 0 Å². The molecule has 3 atom stereocenters. The average molecular weight is 278 g/mol. The number of nitrogens with zero attached hydrogens (tertiary/aromatic N) is 1. The quantitative estimate of drug-likeness (QED) is 0.897. The summed E-state index contributed by atoms with van der Waals surface area (Å²) < 4.78 is 0. The third-order valence-corrected chi connectivity index (χ3v) is 5.55. The summed E-state index contributed by atoms with van der Waals surface area (Å²) in [5.41, 5.74) is 0. The first kappa shape index (κ1) is 13.1. The Kier molecular flexibility index (Phi) is 3.63. The van der Waals surface area contributed by atoms with E-state index >= 15 is 0 Å². The first-order valence-electron chi connectivity index (χ1n) is 7.12. The molecule has 3 unspecified atom stereocenters. The predicted molar refractivity (Wildman–Crippen MR) is 78.1 cm³/mol. The molecule has 1 N–H and O–H groups in total. The number of carbonyl (C=O) groups excluding carboxylic acids is 1. The van der Waals surface area contributed by atoms with Crippen molar-refractivity contribution in [2.24, 2.45) is 17.8 Å². The van der Waals surface area contributed by atoms with Crippen molar-refractivity contribution in [1.82, 2.24) is 10.2 Å². The molecule has 1 amide bonds. The minimum atomic E-state index is 0.274. The molecule has 2 fully saturated rings. The summed E-state index contributed by atoms with van der Waals surface area (Å²) >= 11 is 1.76. The minimum Gasteiger partial charge on any atom is -0.354 e. The van der Waals surface area contributed by atoms with E-state index < -0.39 is 0 Å². The third-order valence-electron chi connectivity index (χ3n) is 4.58. The topological polar surface area (TPSA) is 32.3 Å². The first-order chi connectivity index (χ1) is 9.15. The van der Waals surface area contributed by atoms with Gasteiger partial charge in [0.05, 0.1) is 6.04 Å². The van der Waals surface area contributed by atoms with Crippen LogP contribution in [0.25, 0.3) is 0 Å². The molecule has 1 aromatic rings. The van der Waals surface area contributed by atoms with E-state index in [9.17, 15) is 4.79 Å². The second-order valence-electron chi connectivity index (χ2n) is 6.16. The van der Waals surface area contributed by atoms with Gasteiger partial charge in [0.2, 0.25) is 5.91 Å². The van der Waals surface area contributed by atoms with Gasteiger partial charge in [-0.2, -0.15) is 0 Å². The second-order valence-corrected chi connectivity index (χ2v) is 7.14. The monoisotopic (exact) mass is 278 g/mol. The maximum Gasteiger partial charge on any atom is 0.223 e. The Morgan fingerprint density at radius 3 is 2.74 bits per heavy atom. The van der Waals surface area contributed by atoms with Gasteiger partial charge in [-0.3, -0.25) is 4.79 Å². The fourth-order valence-corrected chi connectivity index (χ4v) is 4.21. The SMILES string of the molecule is CN(C)C(CNC(=O)C1CC2CC2C1)c1cccs1. The van der Waals surface area contributed by atoms with Crippen molar-refractivity contribution in [3.05, 3.63) is 22.4 Å². The molecule has 3 nitrogen and oxygen atoms in total. The van der Waals surface area contributed by atoms with Crippen molar-refractivity contribution in [3.63, 3.8) is 0 Å². The zero-order valence-electron chi connectivity index (χ0n) is 11.6. The fourth-order valence-electron chi connectivity index (χ4n) is 3.29. The number of hydrogen-bond donors (Lipinski definition) is 1. The highest BCUT2D eigenvalue weighted by Gasteiger charge is 2.47. The van der Waals surface area contributed by atoms with Crippen molar-refractivity contribution in [2.75, 3.05) is 20.6 Å². The summed E-state index contributed by atoms with van der Waals surface area (Å²) in [6, 6.07) is 4.51. The van der Waals surface area contributed by atoms with Crippen LogP contribution < -0.4 is 5.32 Å². The highest BCUT2D eigenvalue weighted by atomic mass is 32.1. The normalized spacial score (nSPS) is 30.2. The predicted octanol–water partition coefficient (Wildman–Crippen LogP) is 2.51. The van der Waals surface area contributed by atoms with Gasteiger partial charge in [0.25, 0.3) is 0 Å². The molecule has 1 heterocycles. The highest BCUT2D eigenvalue weighted by molar-refractivity contribution is 7.10. The van der Waals surface area contributed by atoms with Gasteiger partial charge in [-0.05, 0) is 56.6 Å². The zero-order valence-corrected chi connectivity index (χ0v) is 12.5. The largest absolute Gasteiger partial charge is 0.354 e. The van der Waals surface area contributed by atoms with E-state index in [-0.39, 0.29) is 11.8 Å². The fraction of sp³-hybridized carbons (Fsp3) is 0.667. The summed E-state index contributed by atoms with van der Waals surface area (Å²) in [6.07, 6.45) is 3.63. The molecule has 0 radical (unpaired) electrons. The van der Waals surface area contributed by atoms with Crippen molar-refractivity contribution in [2.45, 2.75) is 25.3 Å². The van der Waals surface area contributed by atoms with E-state index in [0.717, 1.165) is 31.2 Å². The van der Waals surface area contributed by atoms with E-state index in [1.807, 2.05) is 0 Å². The maximum absolute atomic E-state index is 12.2. The molecule has 2 aliphatic carbocycles. The zero-order chi connectivity index (χ0) is 13.4. The summed E-state index contributed by atoms with van der Waals surface area (Å²) in [5, 5.41) is 5.26. The minimum absolute atomic E-state index is 0.274. The Bertz CT molecular complexity index is 433. The molecule has 1 aromatic heterocycles. The molecule has 3 rings (SSSR count). The third kappa shape index (κ3) is 2.84. The molecular formula is C15H22N2OS. The second kappa shape index (κ2) is 5.25. The number of thiophene rings is 1. The van der Waals surface area contributed by atoms with Crippen molar-refractivity contribution >= 4 is 17.2 Å². The molecule has 0 aromatic carbocycles. The lowest BCUT2D eigenvalue weighted by Crippen LogP contribution is -2.37. The van der Waals surface area contributed by atoms with Crippen LogP contribution >= 0.6 is 11.3 Å². The lowest BCUT2D eigenvalue weighted by molar-refractivity contribution is -0.125. The van der Waals surface area contributed by atoms with Crippen LogP contribution in [0.5, 0.6) is 0 Å². The summed E-state index contributed by atoms with van der Waals surface area (Å²) in [4.78, 5) is 15.7. The molecule has 4 heteroatoms. The molecule has 0 spiro atoms. The molecule has 0 bridgehead atoms. The summed E-state index contributed by atoms with van der Waals surface area (Å²) in [7, 11) is 4.14. The van der Waals surface area contributed by atoms with Crippen molar-refractivity contribution in [3.8, 4) is 0 Å². The molecule has 2 saturated carbocycles. The number of likely N-dealkylation sites (N-methyl/N-ethyl adjacent to an activating group) is 1. The van der Waals surface area contributed by atoms with Gasteiger partial charge in [0.1, 0.15) is 0 Å². The lowest BCUT2D eigenvalue weighted by atomic mass is 10.0. The lowest BCUT2D eigenvalue weighted by Gasteiger charge is -2.24.